The summed E-state index contributed by atoms with van der Waals surface area (Å²) in [5.74, 6) is 0.470. The van der Waals surface area contributed by atoms with Crippen LogP contribution >= 0.6 is 0 Å². The molecule has 0 bridgehead atoms. The zero-order chi connectivity index (χ0) is 17.2. The van der Waals surface area contributed by atoms with E-state index < -0.39 is 0 Å². The molecule has 1 heterocycles. The molecule has 24 heavy (non-hydrogen) atoms. The van der Waals surface area contributed by atoms with E-state index in [1.165, 1.54) is 18.9 Å². The molecule has 0 aromatic heterocycles. The van der Waals surface area contributed by atoms with Crippen molar-refractivity contribution in [3.05, 3.63) is 35.6 Å². The third-order valence-electron chi connectivity index (χ3n) is 5.58. The standard InChI is InChI=1S/C19H27FN2O2/c1-21(2)18(23)12-24-14-19-9-5-7-16(19)11-22(13-19)10-15-6-3-4-8-17(15)20/h3-4,6,8,16H,5,7,9-14H2,1-2H3/t16-,19+/m1/s1. The van der Waals surface area contributed by atoms with Crippen LogP contribution in [0.1, 0.15) is 24.8 Å². The smallest absolute Gasteiger partial charge is 0.248 e. The highest BCUT2D eigenvalue weighted by Gasteiger charge is 2.49. The molecule has 4 nitrogen and oxygen atoms in total. The first-order valence-corrected chi connectivity index (χ1v) is 8.74. The maximum absolute atomic E-state index is 13.9. The first kappa shape index (κ1) is 17.4. The molecule has 0 unspecified atom stereocenters. The van der Waals surface area contributed by atoms with Crippen molar-refractivity contribution in [2.24, 2.45) is 11.3 Å². The highest BCUT2D eigenvalue weighted by molar-refractivity contribution is 5.76. The molecule has 1 aromatic carbocycles. The lowest BCUT2D eigenvalue weighted by Gasteiger charge is -2.29. The molecule has 1 aliphatic carbocycles. The lowest BCUT2D eigenvalue weighted by Crippen LogP contribution is -2.34. The molecule has 1 saturated carbocycles. The summed E-state index contributed by atoms with van der Waals surface area (Å²) < 4.78 is 19.7. The second-order valence-electron chi connectivity index (χ2n) is 7.49. The fourth-order valence-electron chi connectivity index (χ4n) is 4.22. The third kappa shape index (κ3) is 3.62. The van der Waals surface area contributed by atoms with Gasteiger partial charge in [-0.2, -0.15) is 0 Å². The van der Waals surface area contributed by atoms with Crippen molar-refractivity contribution in [3.63, 3.8) is 0 Å². The van der Waals surface area contributed by atoms with Gasteiger partial charge in [-0.05, 0) is 24.8 Å². The van der Waals surface area contributed by atoms with Crippen LogP contribution in [0.3, 0.4) is 0 Å². The number of hydrogen-bond donors (Lipinski definition) is 0. The Morgan fingerprint density at radius 2 is 2.21 bits per heavy atom. The van der Waals surface area contributed by atoms with Crippen molar-refractivity contribution in [3.8, 4) is 0 Å². The summed E-state index contributed by atoms with van der Waals surface area (Å²) in [6.45, 7) is 3.36. The lowest BCUT2D eigenvalue weighted by molar-refractivity contribution is -0.135. The van der Waals surface area contributed by atoms with E-state index in [2.05, 4.69) is 4.90 Å². The van der Waals surface area contributed by atoms with Gasteiger partial charge in [0.1, 0.15) is 12.4 Å². The van der Waals surface area contributed by atoms with E-state index in [1.54, 1.807) is 25.1 Å². The van der Waals surface area contributed by atoms with Crippen LogP contribution in [0, 0.1) is 17.2 Å². The normalized spacial score (nSPS) is 26.5. The molecule has 5 heteroatoms. The molecule has 2 fully saturated rings. The van der Waals surface area contributed by atoms with Gasteiger partial charge in [0, 0.05) is 44.7 Å². The number of benzene rings is 1. The number of carbonyl (C=O) groups is 1. The average Bonchev–Trinajstić information content (AvgIpc) is 3.06. The zero-order valence-electron chi connectivity index (χ0n) is 14.6. The number of hydrogen-bond acceptors (Lipinski definition) is 3. The van der Waals surface area contributed by atoms with Crippen molar-refractivity contribution in [2.45, 2.75) is 25.8 Å². The number of rotatable bonds is 6. The van der Waals surface area contributed by atoms with Crippen LogP contribution in [0.2, 0.25) is 0 Å². The van der Waals surface area contributed by atoms with Crippen molar-refractivity contribution < 1.29 is 13.9 Å². The zero-order valence-corrected chi connectivity index (χ0v) is 14.6. The lowest BCUT2D eigenvalue weighted by atomic mass is 9.81. The summed E-state index contributed by atoms with van der Waals surface area (Å²) in [6.07, 6.45) is 3.57. The molecular weight excluding hydrogens is 307 g/mol. The third-order valence-corrected chi connectivity index (χ3v) is 5.58. The Kier molecular flexibility index (Phi) is 5.21. The van der Waals surface area contributed by atoms with E-state index in [-0.39, 0.29) is 23.7 Å². The molecule has 1 amide bonds. The van der Waals surface area contributed by atoms with Gasteiger partial charge in [0.2, 0.25) is 5.91 Å². The molecule has 3 rings (SSSR count). The van der Waals surface area contributed by atoms with E-state index in [4.69, 9.17) is 4.74 Å². The predicted molar refractivity (Wildman–Crippen MR) is 91.0 cm³/mol. The van der Waals surface area contributed by atoms with Gasteiger partial charge in [-0.25, -0.2) is 4.39 Å². The Labute approximate surface area is 143 Å². The van der Waals surface area contributed by atoms with Crippen molar-refractivity contribution >= 4 is 5.91 Å². The van der Waals surface area contributed by atoms with Crippen LogP contribution in [0.5, 0.6) is 0 Å². The predicted octanol–water partition coefficient (Wildman–Crippen LogP) is 2.53. The maximum Gasteiger partial charge on any atom is 0.248 e. The van der Waals surface area contributed by atoms with Gasteiger partial charge >= 0.3 is 0 Å². The number of likely N-dealkylation sites (tertiary alicyclic amines) is 1. The number of fused-ring (bicyclic) bond motifs is 1. The molecule has 0 radical (unpaired) electrons. The average molecular weight is 334 g/mol. The fraction of sp³-hybridized carbons (Fsp3) is 0.632. The highest BCUT2D eigenvalue weighted by Crippen LogP contribution is 2.49. The second kappa shape index (κ2) is 7.19. The SMILES string of the molecule is CN(C)C(=O)COC[C@@]12CCC[C@@H]1CN(Cc1ccccc1F)C2. The summed E-state index contributed by atoms with van der Waals surface area (Å²) in [5.41, 5.74) is 0.897. The molecule has 1 saturated heterocycles. The van der Waals surface area contributed by atoms with Crippen molar-refractivity contribution in [2.75, 3.05) is 40.4 Å². The number of ether oxygens (including phenoxy) is 1. The molecule has 2 atom stereocenters. The van der Waals surface area contributed by atoms with Gasteiger partial charge in [-0.15, -0.1) is 0 Å². The summed E-state index contributed by atoms with van der Waals surface area (Å²) in [7, 11) is 3.49. The maximum atomic E-state index is 13.9. The Morgan fingerprint density at radius 1 is 1.42 bits per heavy atom. The summed E-state index contributed by atoms with van der Waals surface area (Å²) in [4.78, 5) is 15.6. The van der Waals surface area contributed by atoms with Crippen LogP contribution in [0.15, 0.2) is 24.3 Å². The second-order valence-corrected chi connectivity index (χ2v) is 7.49. The largest absolute Gasteiger partial charge is 0.371 e. The number of halogens is 1. The van der Waals surface area contributed by atoms with Gasteiger partial charge in [-0.3, -0.25) is 9.69 Å². The molecule has 1 aromatic rings. The van der Waals surface area contributed by atoms with Gasteiger partial charge < -0.3 is 9.64 Å². The molecule has 2 aliphatic rings. The summed E-state index contributed by atoms with van der Waals surface area (Å²) >= 11 is 0. The molecule has 1 aliphatic heterocycles. The van der Waals surface area contributed by atoms with E-state index in [0.717, 1.165) is 25.1 Å². The number of carbonyl (C=O) groups excluding carboxylic acids is 1. The van der Waals surface area contributed by atoms with Gasteiger partial charge in [-0.1, -0.05) is 24.6 Å². The van der Waals surface area contributed by atoms with Crippen LogP contribution in [0.25, 0.3) is 0 Å². The number of amides is 1. The van der Waals surface area contributed by atoms with E-state index in [1.807, 2.05) is 12.1 Å². The van der Waals surface area contributed by atoms with Gasteiger partial charge in [0.15, 0.2) is 0 Å². The quantitative estimate of drug-likeness (QED) is 0.801. The molecular formula is C19H27FN2O2. The number of likely N-dealkylation sites (N-methyl/N-ethyl adjacent to an activating group) is 1. The Morgan fingerprint density at radius 3 is 2.96 bits per heavy atom. The minimum absolute atomic E-state index is 0.00200. The topological polar surface area (TPSA) is 32.8 Å². The Balaban J connectivity index is 1.59. The minimum atomic E-state index is -0.128. The number of nitrogens with zero attached hydrogens (tertiary/aromatic N) is 2. The van der Waals surface area contributed by atoms with Gasteiger partial charge in [0.05, 0.1) is 6.61 Å². The van der Waals surface area contributed by atoms with E-state index in [9.17, 15) is 9.18 Å². The van der Waals surface area contributed by atoms with Crippen LogP contribution in [-0.4, -0.2) is 56.1 Å². The van der Waals surface area contributed by atoms with Crippen molar-refractivity contribution in [1.29, 1.82) is 0 Å². The van der Waals surface area contributed by atoms with Crippen LogP contribution in [0.4, 0.5) is 4.39 Å². The minimum Gasteiger partial charge on any atom is -0.371 e. The first-order chi connectivity index (χ1) is 11.5. The van der Waals surface area contributed by atoms with E-state index in [0.29, 0.717) is 19.1 Å². The molecule has 0 N–H and O–H groups in total. The first-order valence-electron chi connectivity index (χ1n) is 8.74. The van der Waals surface area contributed by atoms with E-state index >= 15 is 0 Å². The summed E-state index contributed by atoms with van der Waals surface area (Å²) in [6, 6.07) is 7.01. The monoisotopic (exact) mass is 334 g/mol. The Bertz CT molecular complexity index is 592. The highest BCUT2D eigenvalue weighted by atomic mass is 19.1. The Hall–Kier alpha value is -1.46. The van der Waals surface area contributed by atoms with Crippen LogP contribution in [-0.2, 0) is 16.1 Å². The fourth-order valence-corrected chi connectivity index (χ4v) is 4.22. The van der Waals surface area contributed by atoms with Crippen LogP contribution < -0.4 is 0 Å². The summed E-state index contributed by atoms with van der Waals surface area (Å²) in [5, 5.41) is 0. The van der Waals surface area contributed by atoms with Crippen molar-refractivity contribution in [1.82, 2.24) is 9.80 Å². The molecule has 132 valence electrons. The van der Waals surface area contributed by atoms with Gasteiger partial charge in [0.25, 0.3) is 0 Å². The molecule has 0 spiro atoms.